The van der Waals surface area contributed by atoms with E-state index in [1.54, 1.807) is 12.1 Å². The number of hydrogen-bond acceptors (Lipinski definition) is 3. The highest BCUT2D eigenvalue weighted by Crippen LogP contribution is 2.33. The number of phenolic OH excluding ortho intramolecular Hbond substituents is 1. The Morgan fingerprint density at radius 3 is 2.71 bits per heavy atom. The van der Waals surface area contributed by atoms with E-state index in [4.69, 9.17) is 22.4 Å². The van der Waals surface area contributed by atoms with E-state index in [9.17, 15) is 5.11 Å². The lowest BCUT2D eigenvalue weighted by Gasteiger charge is -2.15. The van der Waals surface area contributed by atoms with E-state index in [1.165, 1.54) is 0 Å². The summed E-state index contributed by atoms with van der Waals surface area (Å²) in [7, 11) is 0. The van der Waals surface area contributed by atoms with Crippen LogP contribution in [0.4, 0.5) is 0 Å². The summed E-state index contributed by atoms with van der Waals surface area (Å²) in [6.07, 6.45) is 0.386. The third kappa shape index (κ3) is 2.18. The van der Waals surface area contributed by atoms with Gasteiger partial charge in [-0.05, 0) is 25.0 Å². The second-order valence-electron chi connectivity index (χ2n) is 3.25. The van der Waals surface area contributed by atoms with E-state index in [2.05, 4.69) is 0 Å². The van der Waals surface area contributed by atoms with Gasteiger partial charge in [0.15, 0.2) is 0 Å². The van der Waals surface area contributed by atoms with Crippen molar-refractivity contribution in [1.82, 2.24) is 0 Å². The van der Waals surface area contributed by atoms with Crippen LogP contribution in [0.25, 0.3) is 0 Å². The number of aromatic hydroxyl groups is 1. The van der Waals surface area contributed by atoms with Gasteiger partial charge < -0.3 is 15.9 Å². The van der Waals surface area contributed by atoms with Gasteiger partial charge in [0.25, 0.3) is 0 Å². The molecule has 78 valence electrons. The molecular weight excluding hydrogens is 202 g/mol. The summed E-state index contributed by atoms with van der Waals surface area (Å²) in [4.78, 5) is 0. The third-order valence-electron chi connectivity index (χ3n) is 2.16. The Morgan fingerprint density at radius 2 is 2.14 bits per heavy atom. The SMILES string of the molecule is Cc1ccc(O)c(C(N)CCO)c1Cl. The molecule has 4 heteroatoms. The molecule has 1 aromatic rings. The first-order valence-corrected chi connectivity index (χ1v) is 4.80. The molecule has 1 unspecified atom stereocenters. The first-order chi connectivity index (χ1) is 6.57. The Morgan fingerprint density at radius 1 is 1.50 bits per heavy atom. The minimum Gasteiger partial charge on any atom is -0.508 e. The first-order valence-electron chi connectivity index (χ1n) is 4.42. The summed E-state index contributed by atoms with van der Waals surface area (Å²) in [6, 6.07) is 2.87. The number of benzene rings is 1. The minimum atomic E-state index is -0.424. The maximum atomic E-state index is 9.57. The van der Waals surface area contributed by atoms with E-state index < -0.39 is 6.04 Å². The van der Waals surface area contributed by atoms with Crippen molar-refractivity contribution in [2.24, 2.45) is 5.73 Å². The van der Waals surface area contributed by atoms with Crippen LogP contribution >= 0.6 is 11.6 Å². The number of rotatable bonds is 3. The third-order valence-corrected chi connectivity index (χ3v) is 2.66. The molecule has 3 nitrogen and oxygen atoms in total. The lowest BCUT2D eigenvalue weighted by atomic mass is 10.0. The van der Waals surface area contributed by atoms with Crippen LogP contribution in [0, 0.1) is 6.92 Å². The van der Waals surface area contributed by atoms with Gasteiger partial charge in [0, 0.05) is 18.2 Å². The summed E-state index contributed by atoms with van der Waals surface area (Å²) in [5.41, 5.74) is 7.15. The molecular formula is C10H14ClNO2. The Kier molecular flexibility index (Phi) is 3.75. The molecule has 0 saturated carbocycles. The van der Waals surface area contributed by atoms with Crippen molar-refractivity contribution in [3.8, 4) is 5.75 Å². The van der Waals surface area contributed by atoms with E-state index >= 15 is 0 Å². The van der Waals surface area contributed by atoms with Gasteiger partial charge in [-0.2, -0.15) is 0 Å². The number of aryl methyl sites for hydroxylation is 1. The minimum absolute atomic E-state index is 0.0229. The monoisotopic (exact) mass is 215 g/mol. The fraction of sp³-hybridized carbons (Fsp3) is 0.400. The Bertz CT molecular complexity index is 328. The molecule has 0 aromatic heterocycles. The van der Waals surface area contributed by atoms with Gasteiger partial charge in [-0.3, -0.25) is 0 Å². The zero-order valence-corrected chi connectivity index (χ0v) is 8.75. The summed E-state index contributed by atoms with van der Waals surface area (Å²) in [6.45, 7) is 1.82. The average Bonchev–Trinajstić information content (AvgIpc) is 2.13. The maximum Gasteiger partial charge on any atom is 0.121 e. The molecule has 0 aliphatic rings. The van der Waals surface area contributed by atoms with Gasteiger partial charge in [-0.1, -0.05) is 17.7 Å². The molecule has 0 spiro atoms. The van der Waals surface area contributed by atoms with Crippen molar-refractivity contribution in [3.05, 3.63) is 28.3 Å². The number of phenols is 1. The van der Waals surface area contributed by atoms with Crippen molar-refractivity contribution >= 4 is 11.6 Å². The van der Waals surface area contributed by atoms with E-state index in [1.807, 2.05) is 6.92 Å². The van der Waals surface area contributed by atoms with Crippen LogP contribution < -0.4 is 5.73 Å². The zero-order valence-electron chi connectivity index (χ0n) is 8.00. The van der Waals surface area contributed by atoms with Gasteiger partial charge in [-0.25, -0.2) is 0 Å². The molecule has 0 fully saturated rings. The van der Waals surface area contributed by atoms with Crippen LogP contribution in [0.15, 0.2) is 12.1 Å². The zero-order chi connectivity index (χ0) is 10.7. The Labute approximate surface area is 88.1 Å². The molecule has 1 atom stereocenters. The summed E-state index contributed by atoms with van der Waals surface area (Å²) >= 11 is 6.01. The van der Waals surface area contributed by atoms with Crippen LogP contribution in [0.1, 0.15) is 23.6 Å². The van der Waals surface area contributed by atoms with Gasteiger partial charge in [0.05, 0.1) is 5.02 Å². The molecule has 0 radical (unpaired) electrons. The van der Waals surface area contributed by atoms with Gasteiger partial charge >= 0.3 is 0 Å². The van der Waals surface area contributed by atoms with E-state index in [-0.39, 0.29) is 12.4 Å². The molecule has 0 aliphatic heterocycles. The number of halogens is 1. The van der Waals surface area contributed by atoms with Crippen molar-refractivity contribution in [2.45, 2.75) is 19.4 Å². The highest BCUT2D eigenvalue weighted by molar-refractivity contribution is 6.32. The summed E-state index contributed by atoms with van der Waals surface area (Å²) in [5, 5.41) is 18.8. The van der Waals surface area contributed by atoms with Crippen molar-refractivity contribution in [1.29, 1.82) is 0 Å². The van der Waals surface area contributed by atoms with Crippen LogP contribution in [-0.4, -0.2) is 16.8 Å². The highest BCUT2D eigenvalue weighted by atomic mass is 35.5. The van der Waals surface area contributed by atoms with Crippen LogP contribution in [-0.2, 0) is 0 Å². The second-order valence-corrected chi connectivity index (χ2v) is 3.63. The molecule has 0 bridgehead atoms. The van der Waals surface area contributed by atoms with Crippen LogP contribution in [0.5, 0.6) is 5.75 Å². The largest absolute Gasteiger partial charge is 0.508 e. The predicted molar refractivity (Wildman–Crippen MR) is 56.5 cm³/mol. The Balaban J connectivity index is 3.11. The van der Waals surface area contributed by atoms with E-state index in [0.29, 0.717) is 17.0 Å². The molecule has 0 heterocycles. The quantitative estimate of drug-likeness (QED) is 0.720. The molecule has 14 heavy (non-hydrogen) atoms. The highest BCUT2D eigenvalue weighted by Gasteiger charge is 2.15. The second kappa shape index (κ2) is 4.64. The first kappa shape index (κ1) is 11.3. The summed E-state index contributed by atoms with van der Waals surface area (Å²) in [5.74, 6) is 0.0848. The van der Waals surface area contributed by atoms with Crippen molar-refractivity contribution in [2.75, 3.05) is 6.61 Å². The van der Waals surface area contributed by atoms with Crippen molar-refractivity contribution < 1.29 is 10.2 Å². The molecule has 1 aromatic carbocycles. The predicted octanol–water partition coefficient (Wildman–Crippen LogP) is 1.74. The van der Waals surface area contributed by atoms with Gasteiger partial charge in [0.1, 0.15) is 5.75 Å². The number of aliphatic hydroxyl groups excluding tert-OH is 1. The topological polar surface area (TPSA) is 66.5 Å². The van der Waals surface area contributed by atoms with Gasteiger partial charge in [0.2, 0.25) is 0 Å². The molecule has 1 rings (SSSR count). The fourth-order valence-electron chi connectivity index (χ4n) is 1.33. The van der Waals surface area contributed by atoms with Crippen molar-refractivity contribution in [3.63, 3.8) is 0 Å². The van der Waals surface area contributed by atoms with Crippen LogP contribution in [0.2, 0.25) is 5.02 Å². The molecule has 0 amide bonds. The van der Waals surface area contributed by atoms with Gasteiger partial charge in [-0.15, -0.1) is 0 Å². The molecule has 0 aliphatic carbocycles. The maximum absolute atomic E-state index is 9.57. The fourth-order valence-corrected chi connectivity index (χ4v) is 1.63. The lowest BCUT2D eigenvalue weighted by molar-refractivity contribution is 0.275. The Hall–Kier alpha value is -0.770. The molecule has 4 N–H and O–H groups in total. The average molecular weight is 216 g/mol. The summed E-state index contributed by atoms with van der Waals surface area (Å²) < 4.78 is 0. The number of hydrogen-bond donors (Lipinski definition) is 3. The number of nitrogens with two attached hydrogens (primary N) is 1. The smallest absolute Gasteiger partial charge is 0.121 e. The molecule has 0 saturated heterocycles. The normalized spacial score (nSPS) is 12.9. The number of aliphatic hydroxyl groups is 1. The lowest BCUT2D eigenvalue weighted by Crippen LogP contribution is -2.13. The standard InChI is InChI=1S/C10H14ClNO2/c1-6-2-3-8(14)9(10(6)11)7(12)4-5-13/h2-3,7,13-14H,4-5,12H2,1H3. The van der Waals surface area contributed by atoms with E-state index in [0.717, 1.165) is 5.56 Å². The van der Waals surface area contributed by atoms with Crippen LogP contribution in [0.3, 0.4) is 0 Å².